The Hall–Kier alpha value is -2.49. The third-order valence-electron chi connectivity index (χ3n) is 3.52. The van der Waals surface area contributed by atoms with Gasteiger partial charge in [-0.2, -0.15) is 0 Å². The van der Waals surface area contributed by atoms with Crippen LogP contribution in [0.25, 0.3) is 0 Å². The van der Waals surface area contributed by atoms with E-state index in [0.29, 0.717) is 24.5 Å². The van der Waals surface area contributed by atoms with Crippen molar-refractivity contribution >= 4 is 11.6 Å². The summed E-state index contributed by atoms with van der Waals surface area (Å²) in [5.74, 6) is 0.632. The molecule has 2 aromatic rings. The molecule has 0 fully saturated rings. The zero-order valence-electron chi connectivity index (χ0n) is 12.0. The Bertz CT molecular complexity index is 640. The van der Waals surface area contributed by atoms with Gasteiger partial charge in [0.1, 0.15) is 6.61 Å². The molecule has 0 spiro atoms. The normalized spacial score (nSPS) is 12.8. The first kappa shape index (κ1) is 13.5. The fourth-order valence-electron chi connectivity index (χ4n) is 2.47. The first-order valence-corrected chi connectivity index (χ1v) is 7.05. The van der Waals surface area contributed by atoms with Gasteiger partial charge in [-0.15, -0.1) is 0 Å². The van der Waals surface area contributed by atoms with Gasteiger partial charge in [-0.05, 0) is 17.7 Å². The van der Waals surface area contributed by atoms with Gasteiger partial charge in [0.25, 0.3) is 5.91 Å². The molecule has 0 atom stereocenters. The average molecular weight is 282 g/mol. The molecule has 1 N–H and O–H groups in total. The van der Waals surface area contributed by atoms with Gasteiger partial charge in [0.2, 0.25) is 0 Å². The van der Waals surface area contributed by atoms with Gasteiger partial charge in [0.05, 0.1) is 11.3 Å². The van der Waals surface area contributed by atoms with Gasteiger partial charge >= 0.3 is 0 Å². The number of hydrogen-bond donors (Lipinski definition) is 1. The molecule has 1 aliphatic rings. The molecule has 1 aliphatic heterocycles. The number of amides is 1. The van der Waals surface area contributed by atoms with E-state index < -0.39 is 0 Å². The average Bonchev–Trinajstić information content (AvgIpc) is 2.54. The zero-order valence-corrected chi connectivity index (χ0v) is 12.0. The predicted octanol–water partition coefficient (Wildman–Crippen LogP) is 2.76. The second-order valence-corrected chi connectivity index (χ2v) is 5.10. The van der Waals surface area contributed by atoms with Crippen LogP contribution < -0.4 is 10.1 Å². The SMILES string of the molecule is CN(Cc1ccccc1)C(=O)c1cccc2c1OCCN2. The summed E-state index contributed by atoms with van der Waals surface area (Å²) in [6.07, 6.45) is 0. The van der Waals surface area contributed by atoms with E-state index in [-0.39, 0.29) is 5.91 Å². The largest absolute Gasteiger partial charge is 0.489 e. The minimum absolute atomic E-state index is 0.0283. The number of hydrogen-bond acceptors (Lipinski definition) is 3. The van der Waals surface area contributed by atoms with Gasteiger partial charge < -0.3 is 15.0 Å². The summed E-state index contributed by atoms with van der Waals surface area (Å²) < 4.78 is 5.67. The van der Waals surface area contributed by atoms with Crippen LogP contribution in [-0.4, -0.2) is 31.0 Å². The highest BCUT2D eigenvalue weighted by Crippen LogP contribution is 2.32. The molecule has 0 radical (unpaired) electrons. The lowest BCUT2D eigenvalue weighted by atomic mass is 10.1. The molecule has 0 aliphatic carbocycles. The number of ether oxygens (including phenoxy) is 1. The molecule has 21 heavy (non-hydrogen) atoms. The molecule has 2 aromatic carbocycles. The molecule has 0 bridgehead atoms. The number of nitrogens with zero attached hydrogens (tertiary/aromatic N) is 1. The molecular formula is C17H18N2O2. The third kappa shape index (κ3) is 2.84. The quantitative estimate of drug-likeness (QED) is 0.941. The van der Waals surface area contributed by atoms with Gasteiger partial charge in [-0.25, -0.2) is 0 Å². The number of anilines is 1. The number of carbonyl (C=O) groups is 1. The van der Waals surface area contributed by atoms with Crippen molar-refractivity contribution in [2.75, 3.05) is 25.5 Å². The molecule has 0 unspecified atom stereocenters. The summed E-state index contributed by atoms with van der Waals surface area (Å²) in [5, 5.41) is 3.25. The number of carbonyl (C=O) groups excluding carboxylic acids is 1. The molecular weight excluding hydrogens is 264 g/mol. The molecule has 4 nitrogen and oxygen atoms in total. The lowest BCUT2D eigenvalue weighted by molar-refractivity contribution is 0.0780. The molecule has 0 saturated heterocycles. The van der Waals surface area contributed by atoms with Crippen molar-refractivity contribution in [3.8, 4) is 5.75 Å². The Balaban J connectivity index is 1.82. The fraction of sp³-hybridized carbons (Fsp3) is 0.235. The monoisotopic (exact) mass is 282 g/mol. The summed E-state index contributed by atoms with van der Waals surface area (Å²) in [4.78, 5) is 14.4. The molecule has 1 heterocycles. The Morgan fingerprint density at radius 2 is 2.00 bits per heavy atom. The van der Waals surface area contributed by atoms with Crippen molar-refractivity contribution in [2.45, 2.75) is 6.54 Å². The maximum atomic E-state index is 12.6. The van der Waals surface area contributed by atoms with Crippen LogP contribution in [0.5, 0.6) is 5.75 Å². The lowest BCUT2D eigenvalue weighted by Crippen LogP contribution is -2.28. The Labute approximate surface area is 124 Å². The highest BCUT2D eigenvalue weighted by molar-refractivity contribution is 5.98. The van der Waals surface area contributed by atoms with Gasteiger partial charge in [0.15, 0.2) is 5.75 Å². The maximum Gasteiger partial charge on any atom is 0.257 e. The van der Waals surface area contributed by atoms with Gasteiger partial charge in [-0.3, -0.25) is 4.79 Å². The van der Waals surface area contributed by atoms with E-state index in [1.165, 1.54) is 0 Å². The number of rotatable bonds is 3. The van der Waals surface area contributed by atoms with E-state index in [2.05, 4.69) is 5.32 Å². The molecule has 1 amide bonds. The first-order valence-electron chi connectivity index (χ1n) is 7.05. The number of fused-ring (bicyclic) bond motifs is 1. The first-order chi connectivity index (χ1) is 10.3. The smallest absolute Gasteiger partial charge is 0.257 e. The highest BCUT2D eigenvalue weighted by Gasteiger charge is 2.21. The zero-order chi connectivity index (χ0) is 14.7. The van der Waals surface area contributed by atoms with Crippen LogP contribution in [0, 0.1) is 0 Å². The predicted molar refractivity (Wildman–Crippen MR) is 82.7 cm³/mol. The number of nitrogens with one attached hydrogen (secondary N) is 1. The van der Waals surface area contributed by atoms with Crippen molar-refractivity contribution < 1.29 is 9.53 Å². The van der Waals surface area contributed by atoms with Crippen LogP contribution in [0.1, 0.15) is 15.9 Å². The summed E-state index contributed by atoms with van der Waals surface area (Å²) in [6.45, 7) is 1.93. The lowest BCUT2D eigenvalue weighted by Gasteiger charge is -2.24. The highest BCUT2D eigenvalue weighted by atomic mass is 16.5. The van der Waals surface area contributed by atoms with Crippen LogP contribution in [0.15, 0.2) is 48.5 Å². The summed E-state index contributed by atoms with van der Waals surface area (Å²) in [7, 11) is 1.81. The molecule has 0 aromatic heterocycles. The maximum absolute atomic E-state index is 12.6. The molecule has 3 rings (SSSR count). The van der Waals surface area contributed by atoms with E-state index in [4.69, 9.17) is 4.74 Å². The van der Waals surface area contributed by atoms with Gasteiger partial charge in [-0.1, -0.05) is 36.4 Å². The van der Waals surface area contributed by atoms with Crippen molar-refractivity contribution in [1.29, 1.82) is 0 Å². The standard InChI is InChI=1S/C17H18N2O2/c1-19(12-13-6-3-2-4-7-13)17(20)14-8-5-9-15-16(14)21-11-10-18-15/h2-9,18H,10-12H2,1H3. The molecule has 4 heteroatoms. The van der Waals surface area contributed by atoms with Crippen LogP contribution in [-0.2, 0) is 6.54 Å². The fourth-order valence-corrected chi connectivity index (χ4v) is 2.47. The summed E-state index contributed by atoms with van der Waals surface area (Å²) in [5.41, 5.74) is 2.61. The van der Waals surface area contributed by atoms with Crippen molar-refractivity contribution in [2.24, 2.45) is 0 Å². The van der Waals surface area contributed by atoms with Crippen LogP contribution >= 0.6 is 0 Å². The number of para-hydroxylation sites is 1. The van der Waals surface area contributed by atoms with Crippen molar-refractivity contribution in [1.82, 2.24) is 4.90 Å². The van der Waals surface area contributed by atoms with Gasteiger partial charge in [0, 0.05) is 20.1 Å². The summed E-state index contributed by atoms with van der Waals surface area (Å²) >= 11 is 0. The second kappa shape index (κ2) is 5.87. The second-order valence-electron chi connectivity index (χ2n) is 5.10. The van der Waals surface area contributed by atoms with E-state index in [9.17, 15) is 4.79 Å². The molecule has 108 valence electrons. The van der Waals surface area contributed by atoms with Crippen molar-refractivity contribution in [3.63, 3.8) is 0 Å². The van der Waals surface area contributed by atoms with E-state index in [1.54, 1.807) is 4.90 Å². The Morgan fingerprint density at radius 1 is 1.19 bits per heavy atom. The van der Waals surface area contributed by atoms with E-state index in [0.717, 1.165) is 17.8 Å². The minimum Gasteiger partial charge on any atom is -0.489 e. The summed E-state index contributed by atoms with van der Waals surface area (Å²) in [6, 6.07) is 15.6. The topological polar surface area (TPSA) is 41.6 Å². The Morgan fingerprint density at radius 3 is 2.81 bits per heavy atom. The minimum atomic E-state index is -0.0283. The van der Waals surface area contributed by atoms with Crippen LogP contribution in [0.3, 0.4) is 0 Å². The van der Waals surface area contributed by atoms with E-state index in [1.807, 2.05) is 55.6 Å². The molecule has 0 saturated carbocycles. The van der Waals surface area contributed by atoms with Crippen molar-refractivity contribution in [3.05, 3.63) is 59.7 Å². The number of benzene rings is 2. The van der Waals surface area contributed by atoms with Crippen LogP contribution in [0.4, 0.5) is 5.69 Å². The van der Waals surface area contributed by atoms with E-state index >= 15 is 0 Å². The van der Waals surface area contributed by atoms with Crippen LogP contribution in [0.2, 0.25) is 0 Å². The Kier molecular flexibility index (Phi) is 3.77. The third-order valence-corrected chi connectivity index (χ3v) is 3.52.